The largest absolute Gasteiger partial charge is 0.491 e. The second kappa shape index (κ2) is 5.96. The number of rotatable bonds is 6. The lowest BCUT2D eigenvalue weighted by molar-refractivity contribution is 0.0996. The summed E-state index contributed by atoms with van der Waals surface area (Å²) in [6.45, 7) is 0.947. The molecule has 7 heteroatoms. The maximum Gasteiger partial charge on any atom is 0.271 e. The number of amides is 1. The predicted molar refractivity (Wildman–Crippen MR) is 67.7 cm³/mol. The number of aromatic nitrogens is 3. The van der Waals surface area contributed by atoms with Crippen molar-refractivity contribution in [2.75, 3.05) is 20.3 Å². The minimum Gasteiger partial charge on any atom is -0.491 e. The molecule has 0 saturated carbocycles. The van der Waals surface area contributed by atoms with Crippen LogP contribution in [-0.2, 0) is 4.74 Å². The van der Waals surface area contributed by atoms with Crippen molar-refractivity contribution in [3.63, 3.8) is 0 Å². The number of primary amides is 1. The molecule has 1 heterocycles. The summed E-state index contributed by atoms with van der Waals surface area (Å²) in [6.07, 6.45) is 0. The van der Waals surface area contributed by atoms with Crippen LogP contribution in [0.5, 0.6) is 5.75 Å². The summed E-state index contributed by atoms with van der Waals surface area (Å²) in [5.74, 6) is 0.0300. The number of nitrogens with one attached hydrogen (secondary N) is 1. The van der Waals surface area contributed by atoms with E-state index in [-0.39, 0.29) is 5.69 Å². The number of H-pyrrole nitrogens is 1. The number of ether oxygens (including phenoxy) is 2. The minimum absolute atomic E-state index is 0.106. The fourth-order valence-electron chi connectivity index (χ4n) is 1.58. The normalized spacial score (nSPS) is 10.4. The number of benzene rings is 1. The Labute approximate surface area is 109 Å². The molecular formula is C12H14N4O3. The fraction of sp³-hybridized carbons (Fsp3) is 0.250. The summed E-state index contributed by atoms with van der Waals surface area (Å²) in [5.41, 5.74) is 6.44. The number of methoxy groups -OCH3 is 1. The summed E-state index contributed by atoms with van der Waals surface area (Å²) in [6, 6.07) is 7.17. The summed E-state index contributed by atoms with van der Waals surface area (Å²) in [7, 11) is 1.61. The first-order valence-electron chi connectivity index (χ1n) is 5.65. The quantitative estimate of drug-likeness (QED) is 0.742. The molecule has 0 fully saturated rings. The summed E-state index contributed by atoms with van der Waals surface area (Å²) < 4.78 is 10.4. The number of hydrogen-bond donors (Lipinski definition) is 2. The zero-order chi connectivity index (χ0) is 13.7. The van der Waals surface area contributed by atoms with Crippen molar-refractivity contribution in [3.8, 4) is 17.0 Å². The molecular weight excluding hydrogens is 248 g/mol. The van der Waals surface area contributed by atoms with E-state index in [0.29, 0.717) is 30.2 Å². The highest BCUT2D eigenvalue weighted by Gasteiger charge is 2.15. The number of nitrogens with two attached hydrogens (primary N) is 1. The molecule has 100 valence electrons. The Hall–Kier alpha value is -2.41. The van der Waals surface area contributed by atoms with E-state index in [4.69, 9.17) is 15.2 Å². The lowest BCUT2D eigenvalue weighted by atomic mass is 10.1. The molecule has 0 aliphatic carbocycles. The minimum atomic E-state index is -0.630. The van der Waals surface area contributed by atoms with Gasteiger partial charge in [-0.15, -0.1) is 0 Å². The summed E-state index contributed by atoms with van der Waals surface area (Å²) in [4.78, 5) is 11.2. The highest BCUT2D eigenvalue weighted by Crippen LogP contribution is 2.23. The van der Waals surface area contributed by atoms with Gasteiger partial charge in [0.15, 0.2) is 5.69 Å². The maximum atomic E-state index is 11.2. The van der Waals surface area contributed by atoms with E-state index < -0.39 is 5.91 Å². The second-order valence-corrected chi connectivity index (χ2v) is 3.75. The van der Waals surface area contributed by atoms with Crippen LogP contribution in [-0.4, -0.2) is 41.6 Å². The molecule has 0 atom stereocenters. The average molecular weight is 262 g/mol. The Morgan fingerprint density at radius 2 is 2.21 bits per heavy atom. The Morgan fingerprint density at radius 1 is 1.37 bits per heavy atom. The predicted octanol–water partition coefficient (Wildman–Crippen LogP) is 0.596. The van der Waals surface area contributed by atoms with Crippen molar-refractivity contribution in [1.82, 2.24) is 15.4 Å². The molecule has 0 saturated heterocycles. The van der Waals surface area contributed by atoms with Crippen LogP contribution in [0.4, 0.5) is 0 Å². The van der Waals surface area contributed by atoms with Gasteiger partial charge in [0.2, 0.25) is 0 Å². The van der Waals surface area contributed by atoms with Gasteiger partial charge in [0, 0.05) is 12.7 Å². The number of nitrogens with zero attached hydrogens (tertiary/aromatic N) is 2. The highest BCUT2D eigenvalue weighted by molar-refractivity contribution is 5.96. The third-order valence-electron chi connectivity index (χ3n) is 2.44. The number of carbonyl (C=O) groups excluding carboxylic acids is 1. The van der Waals surface area contributed by atoms with Gasteiger partial charge in [0.1, 0.15) is 18.1 Å². The third kappa shape index (κ3) is 3.08. The van der Waals surface area contributed by atoms with E-state index in [9.17, 15) is 4.79 Å². The maximum absolute atomic E-state index is 11.2. The molecule has 0 aliphatic rings. The Morgan fingerprint density at radius 3 is 2.95 bits per heavy atom. The molecule has 0 unspecified atom stereocenters. The van der Waals surface area contributed by atoms with Crippen molar-refractivity contribution in [2.24, 2.45) is 5.73 Å². The Bertz CT molecular complexity index is 568. The molecule has 2 aromatic rings. The molecule has 7 nitrogen and oxygen atoms in total. The van der Waals surface area contributed by atoms with Gasteiger partial charge in [0.05, 0.1) is 6.61 Å². The second-order valence-electron chi connectivity index (χ2n) is 3.75. The standard InChI is InChI=1S/C12H14N4O3/c1-18-5-6-19-9-4-2-3-8(7-9)10-11(12(13)17)15-16-14-10/h2-4,7H,5-6H2,1H3,(H2,13,17)(H,14,15,16). The molecule has 2 rings (SSSR count). The van der Waals surface area contributed by atoms with Gasteiger partial charge >= 0.3 is 0 Å². The number of carbonyl (C=O) groups is 1. The molecule has 1 aromatic heterocycles. The van der Waals surface area contributed by atoms with Gasteiger partial charge in [-0.2, -0.15) is 15.4 Å². The van der Waals surface area contributed by atoms with Crippen LogP contribution in [0.25, 0.3) is 11.3 Å². The van der Waals surface area contributed by atoms with Crippen molar-refractivity contribution in [3.05, 3.63) is 30.0 Å². The molecule has 1 aromatic carbocycles. The molecule has 0 spiro atoms. The van der Waals surface area contributed by atoms with Crippen LogP contribution < -0.4 is 10.5 Å². The first-order valence-corrected chi connectivity index (χ1v) is 5.65. The Kier molecular flexibility index (Phi) is 4.09. The van der Waals surface area contributed by atoms with Crippen LogP contribution >= 0.6 is 0 Å². The monoisotopic (exact) mass is 262 g/mol. The van der Waals surface area contributed by atoms with Crippen LogP contribution in [0, 0.1) is 0 Å². The summed E-state index contributed by atoms with van der Waals surface area (Å²) >= 11 is 0. The van der Waals surface area contributed by atoms with Crippen molar-refractivity contribution in [1.29, 1.82) is 0 Å². The lowest BCUT2D eigenvalue weighted by Crippen LogP contribution is -2.12. The highest BCUT2D eigenvalue weighted by atomic mass is 16.5. The van der Waals surface area contributed by atoms with Gasteiger partial charge in [-0.3, -0.25) is 4.79 Å². The molecule has 1 amide bonds. The van der Waals surface area contributed by atoms with E-state index in [1.807, 2.05) is 6.07 Å². The molecule has 3 N–H and O–H groups in total. The van der Waals surface area contributed by atoms with E-state index in [2.05, 4.69) is 15.4 Å². The SMILES string of the molecule is COCCOc1cccc(-c2n[nH]nc2C(N)=O)c1. The first-order chi connectivity index (χ1) is 9.22. The van der Waals surface area contributed by atoms with Crippen LogP contribution in [0.15, 0.2) is 24.3 Å². The zero-order valence-corrected chi connectivity index (χ0v) is 10.4. The van der Waals surface area contributed by atoms with E-state index in [0.717, 1.165) is 0 Å². The fourth-order valence-corrected chi connectivity index (χ4v) is 1.58. The van der Waals surface area contributed by atoms with Gasteiger partial charge in [-0.05, 0) is 12.1 Å². The van der Waals surface area contributed by atoms with Crippen LogP contribution in [0.3, 0.4) is 0 Å². The summed E-state index contributed by atoms with van der Waals surface area (Å²) in [5, 5.41) is 10.0. The van der Waals surface area contributed by atoms with E-state index in [1.165, 1.54) is 0 Å². The van der Waals surface area contributed by atoms with E-state index in [1.54, 1.807) is 25.3 Å². The smallest absolute Gasteiger partial charge is 0.271 e. The van der Waals surface area contributed by atoms with Gasteiger partial charge in [-0.25, -0.2) is 0 Å². The van der Waals surface area contributed by atoms with Crippen molar-refractivity contribution >= 4 is 5.91 Å². The topological polar surface area (TPSA) is 103 Å². The zero-order valence-electron chi connectivity index (χ0n) is 10.4. The third-order valence-corrected chi connectivity index (χ3v) is 2.44. The molecule has 19 heavy (non-hydrogen) atoms. The van der Waals surface area contributed by atoms with Crippen molar-refractivity contribution in [2.45, 2.75) is 0 Å². The molecule has 0 aliphatic heterocycles. The van der Waals surface area contributed by atoms with Crippen LogP contribution in [0.1, 0.15) is 10.5 Å². The molecule has 0 bridgehead atoms. The van der Waals surface area contributed by atoms with Gasteiger partial charge < -0.3 is 15.2 Å². The van der Waals surface area contributed by atoms with E-state index >= 15 is 0 Å². The lowest BCUT2D eigenvalue weighted by Gasteiger charge is -2.06. The first kappa shape index (κ1) is 13.0. The number of hydrogen-bond acceptors (Lipinski definition) is 5. The van der Waals surface area contributed by atoms with Crippen molar-refractivity contribution < 1.29 is 14.3 Å². The van der Waals surface area contributed by atoms with Gasteiger partial charge in [-0.1, -0.05) is 12.1 Å². The van der Waals surface area contributed by atoms with Crippen LogP contribution in [0.2, 0.25) is 0 Å². The number of aromatic amines is 1. The van der Waals surface area contributed by atoms with Gasteiger partial charge in [0.25, 0.3) is 5.91 Å². The average Bonchev–Trinajstić information content (AvgIpc) is 2.89. The Balaban J connectivity index is 2.22. The molecule has 0 radical (unpaired) electrons.